The van der Waals surface area contributed by atoms with Gasteiger partial charge < -0.3 is 15.7 Å². The van der Waals surface area contributed by atoms with Gasteiger partial charge in [0.2, 0.25) is 0 Å². The molecule has 208 valence electrons. The van der Waals surface area contributed by atoms with Crippen molar-refractivity contribution >= 4 is 17.4 Å². The molecule has 0 saturated carbocycles. The van der Waals surface area contributed by atoms with Crippen molar-refractivity contribution in [2.45, 2.75) is 26.4 Å². The van der Waals surface area contributed by atoms with Gasteiger partial charge in [0, 0.05) is 35.8 Å². The Morgan fingerprint density at radius 2 is 1.50 bits per heavy atom. The molecular weight excluding hydrogens is 522 g/mol. The molecule has 0 fully saturated rings. The molecule has 0 radical (unpaired) electrons. The summed E-state index contributed by atoms with van der Waals surface area (Å²) in [6, 6.07) is 35.2. The second kappa shape index (κ2) is 12.0. The minimum Gasteiger partial charge on any atom is -0.507 e. The molecule has 0 aliphatic carbocycles. The van der Waals surface area contributed by atoms with Gasteiger partial charge in [0.1, 0.15) is 11.6 Å². The van der Waals surface area contributed by atoms with Crippen LogP contribution in [0.3, 0.4) is 0 Å². The first-order valence-electron chi connectivity index (χ1n) is 13.9. The Kier molecular flexibility index (Phi) is 7.64. The summed E-state index contributed by atoms with van der Waals surface area (Å²) in [6.07, 6.45) is 2.49. The van der Waals surface area contributed by atoms with Gasteiger partial charge in [-0.2, -0.15) is 9.61 Å². The normalized spacial score (nSPS) is 11.0. The molecule has 4 aromatic carbocycles. The van der Waals surface area contributed by atoms with Gasteiger partial charge in [0.25, 0.3) is 5.91 Å². The van der Waals surface area contributed by atoms with Crippen LogP contribution < -0.4 is 10.6 Å². The molecule has 1 amide bonds. The third-order valence-electron chi connectivity index (χ3n) is 7.28. The SMILES string of the molecule is Cc1cnn2c(NCc3ccc(CNC(=O)c4ccccc4Cc4ccccc4)cc3)cc(-c3ccccc3O)nc12. The van der Waals surface area contributed by atoms with Crippen molar-refractivity contribution in [1.82, 2.24) is 19.9 Å². The Morgan fingerprint density at radius 3 is 2.29 bits per heavy atom. The fraction of sp³-hybridized carbons (Fsp3) is 0.114. The zero-order valence-corrected chi connectivity index (χ0v) is 23.3. The summed E-state index contributed by atoms with van der Waals surface area (Å²) in [7, 11) is 0. The molecule has 0 unspecified atom stereocenters. The first-order valence-corrected chi connectivity index (χ1v) is 13.9. The van der Waals surface area contributed by atoms with Crippen LogP contribution in [0.15, 0.2) is 115 Å². The van der Waals surface area contributed by atoms with Gasteiger partial charge in [-0.15, -0.1) is 0 Å². The maximum Gasteiger partial charge on any atom is 0.251 e. The number of nitrogens with one attached hydrogen (secondary N) is 2. The molecule has 6 rings (SSSR count). The lowest BCUT2D eigenvalue weighted by Gasteiger charge is -2.13. The highest BCUT2D eigenvalue weighted by molar-refractivity contribution is 5.95. The zero-order chi connectivity index (χ0) is 28.9. The zero-order valence-electron chi connectivity index (χ0n) is 23.3. The molecular formula is C35H31N5O2. The van der Waals surface area contributed by atoms with E-state index in [2.05, 4.69) is 40.0 Å². The van der Waals surface area contributed by atoms with Gasteiger partial charge >= 0.3 is 0 Å². The van der Waals surface area contributed by atoms with Gasteiger partial charge in [-0.3, -0.25) is 4.79 Å². The Labute approximate surface area is 244 Å². The molecule has 0 bridgehead atoms. The van der Waals surface area contributed by atoms with E-state index in [1.165, 1.54) is 5.56 Å². The summed E-state index contributed by atoms with van der Waals surface area (Å²) in [5.74, 6) is 0.875. The topological polar surface area (TPSA) is 91.5 Å². The van der Waals surface area contributed by atoms with Crippen LogP contribution in [0, 0.1) is 6.92 Å². The van der Waals surface area contributed by atoms with Gasteiger partial charge in [-0.1, -0.05) is 84.9 Å². The highest BCUT2D eigenvalue weighted by Crippen LogP contribution is 2.30. The predicted molar refractivity (Wildman–Crippen MR) is 165 cm³/mol. The number of aryl methyl sites for hydroxylation is 1. The van der Waals surface area contributed by atoms with E-state index in [9.17, 15) is 9.90 Å². The van der Waals surface area contributed by atoms with E-state index in [0.29, 0.717) is 36.3 Å². The van der Waals surface area contributed by atoms with Crippen LogP contribution in [0.2, 0.25) is 0 Å². The van der Waals surface area contributed by atoms with Gasteiger partial charge in [0.05, 0.1) is 11.9 Å². The maximum atomic E-state index is 13.1. The number of carbonyl (C=O) groups excluding carboxylic acids is 1. The number of carbonyl (C=O) groups is 1. The average molecular weight is 554 g/mol. The van der Waals surface area contributed by atoms with Crippen LogP contribution in [0.4, 0.5) is 5.82 Å². The van der Waals surface area contributed by atoms with Crippen molar-refractivity contribution in [2.24, 2.45) is 0 Å². The van der Waals surface area contributed by atoms with E-state index in [1.54, 1.807) is 22.8 Å². The van der Waals surface area contributed by atoms with E-state index in [4.69, 9.17) is 4.98 Å². The molecule has 7 heteroatoms. The standard InChI is InChI=1S/C35H31N5O2/c1-24-21-38-40-33(20-31(39-34(24)40)30-13-7-8-14-32(30)41)36-22-26-15-17-27(18-16-26)23-37-35(42)29-12-6-5-11-28(29)19-25-9-3-2-4-10-25/h2-18,20-21,36,41H,19,22-23H2,1H3,(H,37,42). The number of phenolic OH excluding ortho intramolecular Hbond substituents is 1. The molecule has 6 aromatic rings. The molecule has 0 aliphatic rings. The molecule has 2 aromatic heterocycles. The predicted octanol–water partition coefficient (Wildman–Crippen LogP) is 6.54. The maximum absolute atomic E-state index is 13.1. The van der Waals surface area contributed by atoms with E-state index < -0.39 is 0 Å². The van der Waals surface area contributed by atoms with Crippen molar-refractivity contribution in [2.75, 3.05) is 5.32 Å². The fourth-order valence-electron chi connectivity index (χ4n) is 4.98. The number of aromatic nitrogens is 3. The minimum atomic E-state index is -0.0799. The Bertz CT molecular complexity index is 1850. The third-order valence-corrected chi connectivity index (χ3v) is 7.28. The van der Waals surface area contributed by atoms with Crippen LogP contribution >= 0.6 is 0 Å². The van der Waals surface area contributed by atoms with Gasteiger partial charge in [-0.05, 0) is 53.8 Å². The molecule has 0 atom stereocenters. The third kappa shape index (κ3) is 5.86. The Hall–Kier alpha value is -5.43. The van der Waals surface area contributed by atoms with Crippen molar-refractivity contribution < 1.29 is 9.90 Å². The number of para-hydroxylation sites is 1. The van der Waals surface area contributed by atoms with Crippen molar-refractivity contribution in [3.05, 3.63) is 149 Å². The lowest BCUT2D eigenvalue weighted by atomic mass is 9.99. The number of phenols is 1. The number of anilines is 1. The first-order chi connectivity index (χ1) is 20.5. The number of amides is 1. The summed E-state index contributed by atoms with van der Waals surface area (Å²) in [5, 5.41) is 21.4. The second-order valence-corrected chi connectivity index (χ2v) is 10.3. The quantitative estimate of drug-likeness (QED) is 0.189. The highest BCUT2D eigenvalue weighted by atomic mass is 16.3. The molecule has 0 saturated heterocycles. The molecule has 2 heterocycles. The van der Waals surface area contributed by atoms with Crippen molar-refractivity contribution in [1.29, 1.82) is 0 Å². The molecule has 7 nitrogen and oxygen atoms in total. The number of hydrogen-bond donors (Lipinski definition) is 3. The number of hydrogen-bond acceptors (Lipinski definition) is 5. The first kappa shape index (κ1) is 26.8. The number of aromatic hydroxyl groups is 1. The molecule has 0 aliphatic heterocycles. The largest absolute Gasteiger partial charge is 0.507 e. The molecule has 0 spiro atoms. The lowest BCUT2D eigenvalue weighted by Crippen LogP contribution is -2.24. The number of nitrogens with zero attached hydrogens (tertiary/aromatic N) is 3. The number of rotatable bonds is 9. The van der Waals surface area contributed by atoms with Crippen LogP contribution in [0.25, 0.3) is 16.9 Å². The van der Waals surface area contributed by atoms with Gasteiger partial charge in [-0.25, -0.2) is 4.98 Å². The Morgan fingerprint density at radius 1 is 0.810 bits per heavy atom. The van der Waals surface area contributed by atoms with E-state index in [1.807, 2.05) is 79.7 Å². The highest BCUT2D eigenvalue weighted by Gasteiger charge is 2.14. The summed E-state index contributed by atoms with van der Waals surface area (Å²) in [5.41, 5.74) is 7.99. The minimum absolute atomic E-state index is 0.0799. The average Bonchev–Trinajstić information content (AvgIpc) is 3.40. The molecule has 3 N–H and O–H groups in total. The summed E-state index contributed by atoms with van der Waals surface area (Å²) < 4.78 is 1.78. The van der Waals surface area contributed by atoms with Crippen molar-refractivity contribution in [3.63, 3.8) is 0 Å². The van der Waals surface area contributed by atoms with Crippen molar-refractivity contribution in [3.8, 4) is 17.0 Å². The number of benzene rings is 4. The van der Waals surface area contributed by atoms with E-state index in [-0.39, 0.29) is 11.7 Å². The van der Waals surface area contributed by atoms with Crippen LogP contribution in [0.1, 0.15) is 38.2 Å². The van der Waals surface area contributed by atoms with Crippen LogP contribution in [-0.2, 0) is 19.5 Å². The van der Waals surface area contributed by atoms with E-state index >= 15 is 0 Å². The van der Waals surface area contributed by atoms with Crippen LogP contribution in [-0.4, -0.2) is 25.6 Å². The summed E-state index contributed by atoms with van der Waals surface area (Å²) in [6.45, 7) is 2.97. The monoisotopic (exact) mass is 553 g/mol. The van der Waals surface area contributed by atoms with Gasteiger partial charge in [0.15, 0.2) is 5.65 Å². The van der Waals surface area contributed by atoms with E-state index in [0.717, 1.165) is 33.7 Å². The summed E-state index contributed by atoms with van der Waals surface area (Å²) >= 11 is 0. The fourth-order valence-corrected chi connectivity index (χ4v) is 4.98. The van der Waals surface area contributed by atoms with Crippen LogP contribution in [0.5, 0.6) is 5.75 Å². The summed E-state index contributed by atoms with van der Waals surface area (Å²) in [4.78, 5) is 17.8. The Balaban J connectivity index is 1.12. The second-order valence-electron chi connectivity index (χ2n) is 10.3. The smallest absolute Gasteiger partial charge is 0.251 e. The molecule has 42 heavy (non-hydrogen) atoms. The number of fused-ring (bicyclic) bond motifs is 1. The lowest BCUT2D eigenvalue weighted by molar-refractivity contribution is 0.0950.